The number of amides is 1. The third-order valence-corrected chi connectivity index (χ3v) is 5.04. The van der Waals surface area contributed by atoms with Crippen LogP contribution in [-0.2, 0) is 0 Å². The molecule has 0 aliphatic rings. The number of hydrogen-bond donors (Lipinski definition) is 1. The molecule has 4 aromatic carbocycles. The summed E-state index contributed by atoms with van der Waals surface area (Å²) in [6.07, 6.45) is 0. The maximum absolute atomic E-state index is 12.9. The van der Waals surface area contributed by atoms with E-state index in [0.29, 0.717) is 5.76 Å². The number of furan rings is 1. The number of fused-ring (bicyclic) bond motifs is 4. The molecular weight excluding hydrogens is 334 g/mol. The summed E-state index contributed by atoms with van der Waals surface area (Å²) in [5, 5.41) is 8.28. The van der Waals surface area contributed by atoms with Crippen LogP contribution >= 0.6 is 0 Å². The van der Waals surface area contributed by atoms with Crippen molar-refractivity contribution >= 4 is 44.1 Å². The van der Waals surface area contributed by atoms with E-state index in [1.807, 2.05) is 73.7 Å². The molecule has 1 aromatic heterocycles. The lowest BCUT2D eigenvalue weighted by Crippen LogP contribution is -2.12. The summed E-state index contributed by atoms with van der Waals surface area (Å²) in [4.78, 5) is 12.9. The fourth-order valence-electron chi connectivity index (χ4n) is 3.62. The van der Waals surface area contributed by atoms with Crippen molar-refractivity contribution < 1.29 is 9.21 Å². The lowest BCUT2D eigenvalue weighted by molar-refractivity contribution is 0.0998. The van der Waals surface area contributed by atoms with Crippen LogP contribution < -0.4 is 5.32 Å². The number of benzene rings is 4. The topological polar surface area (TPSA) is 42.2 Å². The summed E-state index contributed by atoms with van der Waals surface area (Å²) in [7, 11) is 0. The third-order valence-electron chi connectivity index (χ3n) is 5.04. The first kappa shape index (κ1) is 15.6. The molecule has 3 nitrogen and oxygen atoms in total. The minimum absolute atomic E-state index is 0.233. The standard InChI is InChI=1S/C24H17NO2/c1-15-20-13-11-17-7-4-5-9-21(17)23(20)27-22(15)24(26)25-19-12-10-16-6-2-3-8-18(16)14-19/h2-14H,1H3,(H,25,26). The normalized spacial score (nSPS) is 11.3. The SMILES string of the molecule is Cc1c(C(=O)Nc2ccc3ccccc3c2)oc2c1ccc1ccccc12. The van der Waals surface area contributed by atoms with Gasteiger partial charge in [0.1, 0.15) is 5.58 Å². The highest BCUT2D eigenvalue weighted by Crippen LogP contribution is 2.32. The zero-order chi connectivity index (χ0) is 18.4. The van der Waals surface area contributed by atoms with E-state index < -0.39 is 0 Å². The summed E-state index contributed by atoms with van der Waals surface area (Å²) in [6.45, 7) is 1.93. The Kier molecular flexibility index (Phi) is 3.47. The van der Waals surface area contributed by atoms with E-state index in [9.17, 15) is 4.79 Å². The summed E-state index contributed by atoms with van der Waals surface area (Å²) in [5.41, 5.74) is 2.37. The number of carbonyl (C=O) groups is 1. The van der Waals surface area contributed by atoms with Gasteiger partial charge < -0.3 is 9.73 Å². The molecule has 0 fully saturated rings. The maximum atomic E-state index is 12.9. The van der Waals surface area contributed by atoms with Gasteiger partial charge in [0.15, 0.2) is 5.76 Å². The Morgan fingerprint density at radius 2 is 1.48 bits per heavy atom. The molecule has 0 unspecified atom stereocenters. The largest absolute Gasteiger partial charge is 0.450 e. The smallest absolute Gasteiger partial charge is 0.291 e. The van der Waals surface area contributed by atoms with Crippen molar-refractivity contribution in [3.8, 4) is 0 Å². The zero-order valence-electron chi connectivity index (χ0n) is 14.8. The average Bonchev–Trinajstić information content (AvgIpc) is 3.05. The van der Waals surface area contributed by atoms with Crippen LogP contribution in [0.3, 0.4) is 0 Å². The van der Waals surface area contributed by atoms with Gasteiger partial charge in [-0.1, -0.05) is 66.7 Å². The average molecular weight is 351 g/mol. The summed E-state index contributed by atoms with van der Waals surface area (Å²) < 4.78 is 6.02. The van der Waals surface area contributed by atoms with E-state index in [-0.39, 0.29) is 5.91 Å². The number of rotatable bonds is 2. The maximum Gasteiger partial charge on any atom is 0.291 e. The first-order chi connectivity index (χ1) is 13.2. The highest BCUT2D eigenvalue weighted by Gasteiger charge is 2.19. The Labute approximate surface area is 156 Å². The van der Waals surface area contributed by atoms with Crippen molar-refractivity contribution in [3.05, 3.63) is 90.2 Å². The van der Waals surface area contributed by atoms with Gasteiger partial charge >= 0.3 is 0 Å². The Bertz CT molecular complexity index is 1330. The van der Waals surface area contributed by atoms with Crippen molar-refractivity contribution in [1.29, 1.82) is 0 Å². The zero-order valence-corrected chi connectivity index (χ0v) is 14.8. The molecule has 27 heavy (non-hydrogen) atoms. The second-order valence-corrected chi connectivity index (χ2v) is 6.74. The molecule has 0 saturated heterocycles. The fraction of sp³-hybridized carbons (Fsp3) is 0.0417. The Morgan fingerprint density at radius 3 is 2.33 bits per heavy atom. The third kappa shape index (κ3) is 2.56. The molecule has 0 spiro atoms. The number of carbonyl (C=O) groups excluding carboxylic acids is 1. The molecule has 5 rings (SSSR count). The van der Waals surface area contributed by atoms with Crippen LogP contribution in [0.15, 0.2) is 83.3 Å². The van der Waals surface area contributed by atoms with Crippen molar-refractivity contribution in [1.82, 2.24) is 0 Å². The molecule has 0 aliphatic carbocycles. The summed E-state index contributed by atoms with van der Waals surface area (Å²) >= 11 is 0. The number of anilines is 1. The van der Waals surface area contributed by atoms with E-state index in [0.717, 1.165) is 43.8 Å². The van der Waals surface area contributed by atoms with Gasteiger partial charge in [0, 0.05) is 22.0 Å². The fourth-order valence-corrected chi connectivity index (χ4v) is 3.62. The monoisotopic (exact) mass is 351 g/mol. The van der Waals surface area contributed by atoms with Crippen LogP contribution in [-0.4, -0.2) is 5.91 Å². The van der Waals surface area contributed by atoms with Crippen LogP contribution in [0.5, 0.6) is 0 Å². The van der Waals surface area contributed by atoms with E-state index in [1.54, 1.807) is 0 Å². The Hall–Kier alpha value is -3.59. The first-order valence-corrected chi connectivity index (χ1v) is 8.92. The van der Waals surface area contributed by atoms with E-state index >= 15 is 0 Å². The molecule has 5 aromatic rings. The van der Waals surface area contributed by atoms with Gasteiger partial charge in [-0.2, -0.15) is 0 Å². The molecule has 130 valence electrons. The molecule has 0 radical (unpaired) electrons. The van der Waals surface area contributed by atoms with Gasteiger partial charge in [-0.15, -0.1) is 0 Å². The predicted octanol–water partition coefficient (Wildman–Crippen LogP) is 6.30. The van der Waals surface area contributed by atoms with Gasteiger partial charge in [0.2, 0.25) is 0 Å². The molecular formula is C24H17NO2. The van der Waals surface area contributed by atoms with Crippen LogP contribution in [0.1, 0.15) is 16.1 Å². The second-order valence-electron chi connectivity index (χ2n) is 6.74. The highest BCUT2D eigenvalue weighted by atomic mass is 16.3. The molecule has 0 atom stereocenters. The summed E-state index contributed by atoms with van der Waals surface area (Å²) in [6, 6.07) is 26.1. The van der Waals surface area contributed by atoms with Crippen molar-refractivity contribution in [3.63, 3.8) is 0 Å². The molecule has 1 heterocycles. The number of nitrogens with one attached hydrogen (secondary N) is 1. The van der Waals surface area contributed by atoms with Crippen LogP contribution in [0, 0.1) is 6.92 Å². The van der Waals surface area contributed by atoms with E-state index in [2.05, 4.69) is 17.4 Å². The minimum atomic E-state index is -0.233. The van der Waals surface area contributed by atoms with E-state index in [4.69, 9.17) is 4.42 Å². The Morgan fingerprint density at radius 1 is 0.778 bits per heavy atom. The van der Waals surface area contributed by atoms with Gasteiger partial charge in [-0.3, -0.25) is 4.79 Å². The van der Waals surface area contributed by atoms with Crippen LogP contribution in [0.25, 0.3) is 32.5 Å². The quantitative estimate of drug-likeness (QED) is 0.405. The highest BCUT2D eigenvalue weighted by molar-refractivity contribution is 6.11. The molecule has 0 aliphatic heterocycles. The molecule has 0 bridgehead atoms. The van der Waals surface area contributed by atoms with Crippen molar-refractivity contribution in [2.75, 3.05) is 5.32 Å². The lowest BCUT2D eigenvalue weighted by Gasteiger charge is -2.05. The van der Waals surface area contributed by atoms with E-state index in [1.165, 1.54) is 0 Å². The Balaban J connectivity index is 1.56. The first-order valence-electron chi connectivity index (χ1n) is 8.92. The second kappa shape index (κ2) is 5.99. The minimum Gasteiger partial charge on any atom is -0.450 e. The molecule has 0 saturated carbocycles. The molecule has 1 N–H and O–H groups in total. The van der Waals surface area contributed by atoms with Crippen LogP contribution in [0.4, 0.5) is 5.69 Å². The number of aryl methyl sites for hydroxylation is 1. The van der Waals surface area contributed by atoms with Gasteiger partial charge in [-0.05, 0) is 35.2 Å². The number of hydrogen-bond acceptors (Lipinski definition) is 2. The van der Waals surface area contributed by atoms with Gasteiger partial charge in [-0.25, -0.2) is 0 Å². The summed E-state index contributed by atoms with van der Waals surface area (Å²) in [5.74, 6) is 0.123. The molecule has 1 amide bonds. The lowest BCUT2D eigenvalue weighted by atomic mass is 10.1. The van der Waals surface area contributed by atoms with Gasteiger partial charge in [0.25, 0.3) is 5.91 Å². The molecule has 3 heteroatoms. The van der Waals surface area contributed by atoms with Gasteiger partial charge in [0.05, 0.1) is 0 Å². The van der Waals surface area contributed by atoms with Crippen molar-refractivity contribution in [2.45, 2.75) is 6.92 Å². The van der Waals surface area contributed by atoms with Crippen molar-refractivity contribution in [2.24, 2.45) is 0 Å². The van der Waals surface area contributed by atoms with Crippen LogP contribution in [0.2, 0.25) is 0 Å². The predicted molar refractivity (Wildman–Crippen MR) is 110 cm³/mol.